The lowest BCUT2D eigenvalue weighted by atomic mass is 9.83. The van der Waals surface area contributed by atoms with Crippen molar-refractivity contribution in [2.75, 3.05) is 26.4 Å². The second-order valence-electron chi connectivity index (χ2n) is 11.8. The van der Waals surface area contributed by atoms with Crippen LogP contribution >= 0.6 is 0 Å². The van der Waals surface area contributed by atoms with Gasteiger partial charge in [0.25, 0.3) is 10.0 Å². The van der Waals surface area contributed by atoms with Crippen LogP contribution in [0, 0.1) is 11.8 Å². The zero-order valence-electron chi connectivity index (χ0n) is 23.2. The van der Waals surface area contributed by atoms with Crippen molar-refractivity contribution in [1.29, 1.82) is 0 Å². The number of likely N-dealkylation sites (N-methyl/N-ethyl adjacent to an activating group) is 1. The van der Waals surface area contributed by atoms with E-state index in [-0.39, 0.29) is 36.2 Å². The van der Waals surface area contributed by atoms with Gasteiger partial charge in [-0.2, -0.15) is 8.42 Å². The molecule has 3 fully saturated rings. The maximum Gasteiger partial charge on any atom is 0.292 e. The molecular weight excluding hydrogens is 518 g/mol. The summed E-state index contributed by atoms with van der Waals surface area (Å²) >= 11 is 0. The molecule has 11 heteroatoms. The van der Waals surface area contributed by atoms with Gasteiger partial charge in [-0.1, -0.05) is 43.5 Å². The molecule has 2 unspecified atom stereocenters. The van der Waals surface area contributed by atoms with E-state index in [1.165, 1.54) is 6.26 Å². The van der Waals surface area contributed by atoms with Crippen LogP contribution in [0.3, 0.4) is 0 Å². The summed E-state index contributed by atoms with van der Waals surface area (Å²) in [5.41, 5.74) is 2.21. The third-order valence-corrected chi connectivity index (χ3v) is 10.9. The summed E-state index contributed by atoms with van der Waals surface area (Å²) in [6, 6.07) is 5.95. The van der Waals surface area contributed by atoms with Crippen LogP contribution in [0.4, 0.5) is 0 Å². The minimum atomic E-state index is -3.49. The number of carbonyl (C=O) groups excluding carboxylic acids is 3. The van der Waals surface area contributed by atoms with Crippen LogP contribution in [0.15, 0.2) is 24.3 Å². The van der Waals surface area contributed by atoms with Crippen molar-refractivity contribution in [3.63, 3.8) is 0 Å². The molecule has 1 aliphatic carbocycles. The van der Waals surface area contributed by atoms with Crippen LogP contribution in [0.25, 0.3) is 0 Å². The van der Waals surface area contributed by atoms with Crippen LogP contribution in [0.5, 0.6) is 0 Å². The predicted molar refractivity (Wildman–Crippen MR) is 146 cm³/mol. The Kier molecular flexibility index (Phi) is 8.03. The van der Waals surface area contributed by atoms with E-state index < -0.39 is 34.1 Å². The predicted octanol–water partition coefficient (Wildman–Crippen LogP) is -0.354. The number of sulfonamides is 1. The maximum absolute atomic E-state index is 14.3. The monoisotopic (exact) mass is 560 g/mol. The minimum absolute atomic E-state index is 0.0281. The van der Waals surface area contributed by atoms with Gasteiger partial charge in [0.1, 0.15) is 30.6 Å². The van der Waals surface area contributed by atoms with Gasteiger partial charge in [-0.3, -0.25) is 14.4 Å². The van der Waals surface area contributed by atoms with Crippen molar-refractivity contribution in [1.82, 2.24) is 20.4 Å². The Balaban J connectivity index is 1.42. The number of quaternary nitrogens is 1. The van der Waals surface area contributed by atoms with Gasteiger partial charge in [-0.05, 0) is 43.9 Å². The van der Waals surface area contributed by atoms with E-state index in [0.717, 1.165) is 43.2 Å². The highest BCUT2D eigenvalue weighted by molar-refractivity contribution is 7.84. The molecule has 5 rings (SSSR count). The summed E-state index contributed by atoms with van der Waals surface area (Å²) < 4.78 is 26.0. The van der Waals surface area contributed by atoms with Crippen molar-refractivity contribution in [2.45, 2.75) is 82.7 Å². The third kappa shape index (κ3) is 5.45. The SMILES string of the molecule is CN[C@@H](C)C(=O)N[C@H](C(=O)N1CCC2[C@H]1[C@@H](C(=O)N1Cc3ccccc3C1)C[NH+]2S(C)(=O)=O)C1CCCCC1. The van der Waals surface area contributed by atoms with Crippen molar-refractivity contribution in [2.24, 2.45) is 11.8 Å². The standard InChI is InChI=1S/C28H41N5O5S/c1-18(29-2)26(34)30-24(19-9-5-4-6-10-19)28(36)32-14-13-23-25(32)22(17-33(23)39(3,37)38)27(35)31-15-20-11-7-8-12-21(20)16-31/h7-8,11-12,18-19,22-25,29H,4-6,9-10,13-17H2,1-3H3,(H,30,34)/p+1/t18-,22-,23?,24-,25+/m0/s1. The lowest BCUT2D eigenvalue weighted by Gasteiger charge is -2.36. The van der Waals surface area contributed by atoms with Crippen molar-refractivity contribution >= 4 is 27.7 Å². The van der Waals surface area contributed by atoms with E-state index in [0.29, 0.717) is 30.4 Å². The first kappa shape index (κ1) is 28.0. The van der Waals surface area contributed by atoms with Crippen LogP contribution in [0.2, 0.25) is 0 Å². The van der Waals surface area contributed by atoms with Gasteiger partial charge in [0.05, 0.1) is 12.3 Å². The number of amides is 3. The molecule has 3 heterocycles. The second-order valence-corrected chi connectivity index (χ2v) is 13.9. The fraction of sp³-hybridized carbons (Fsp3) is 0.679. The largest absolute Gasteiger partial charge is 0.343 e. The molecule has 0 bridgehead atoms. The van der Waals surface area contributed by atoms with Gasteiger partial charge < -0.3 is 20.4 Å². The fourth-order valence-corrected chi connectivity index (χ4v) is 8.52. The third-order valence-electron chi connectivity index (χ3n) is 9.44. The number of likely N-dealkylation sites (tertiary alicyclic amines) is 1. The summed E-state index contributed by atoms with van der Waals surface area (Å²) in [7, 11) is -1.78. The first-order valence-electron chi connectivity index (χ1n) is 14.3. The molecule has 3 amide bonds. The highest BCUT2D eigenvalue weighted by atomic mass is 32.2. The molecule has 1 saturated carbocycles. The van der Waals surface area contributed by atoms with Crippen molar-refractivity contribution in [3.05, 3.63) is 35.4 Å². The van der Waals surface area contributed by atoms with Gasteiger partial charge in [0, 0.05) is 26.1 Å². The number of benzene rings is 1. The summed E-state index contributed by atoms with van der Waals surface area (Å²) in [5, 5.41) is 5.98. The lowest BCUT2D eigenvalue weighted by molar-refractivity contribution is -0.781. The van der Waals surface area contributed by atoms with Crippen LogP contribution < -0.4 is 14.9 Å². The molecule has 214 valence electrons. The zero-order valence-corrected chi connectivity index (χ0v) is 24.0. The van der Waals surface area contributed by atoms with Gasteiger partial charge in [0.15, 0.2) is 0 Å². The second kappa shape index (κ2) is 11.2. The molecule has 0 spiro atoms. The van der Waals surface area contributed by atoms with Crippen LogP contribution in [-0.4, -0.2) is 86.5 Å². The van der Waals surface area contributed by atoms with E-state index in [9.17, 15) is 22.8 Å². The molecule has 6 atom stereocenters. The van der Waals surface area contributed by atoms with Gasteiger partial charge in [0.2, 0.25) is 17.7 Å². The molecule has 10 nitrogen and oxygen atoms in total. The molecule has 3 N–H and O–H groups in total. The minimum Gasteiger partial charge on any atom is -0.343 e. The van der Waals surface area contributed by atoms with Crippen molar-refractivity contribution < 1.29 is 27.1 Å². The normalized spacial score (nSPS) is 28.6. The first-order valence-corrected chi connectivity index (χ1v) is 16.2. The topological polar surface area (TPSA) is 120 Å². The Morgan fingerprint density at radius 3 is 2.26 bits per heavy atom. The average Bonchev–Trinajstić information content (AvgIpc) is 3.64. The van der Waals surface area contributed by atoms with E-state index in [1.807, 2.05) is 24.3 Å². The molecule has 39 heavy (non-hydrogen) atoms. The molecule has 1 aromatic carbocycles. The Hall–Kier alpha value is -2.50. The summed E-state index contributed by atoms with van der Waals surface area (Å²) in [4.78, 5) is 44.7. The lowest BCUT2D eigenvalue weighted by Crippen LogP contribution is -3.15. The maximum atomic E-state index is 14.3. The Morgan fingerprint density at radius 2 is 1.67 bits per heavy atom. The van der Waals surface area contributed by atoms with Gasteiger partial charge >= 0.3 is 0 Å². The van der Waals surface area contributed by atoms with E-state index in [1.54, 1.807) is 23.8 Å². The highest BCUT2D eigenvalue weighted by Crippen LogP contribution is 2.34. The smallest absolute Gasteiger partial charge is 0.292 e. The van der Waals surface area contributed by atoms with E-state index in [2.05, 4.69) is 10.6 Å². The highest BCUT2D eigenvalue weighted by Gasteiger charge is 2.60. The molecule has 1 aromatic rings. The quantitative estimate of drug-likeness (QED) is 0.419. The van der Waals surface area contributed by atoms with E-state index >= 15 is 0 Å². The van der Waals surface area contributed by atoms with Gasteiger partial charge in [-0.15, -0.1) is 0 Å². The molecule has 2 saturated heterocycles. The molecular formula is C28H42N5O5S+. The van der Waals surface area contributed by atoms with E-state index in [4.69, 9.17) is 0 Å². The van der Waals surface area contributed by atoms with Crippen LogP contribution in [0.1, 0.15) is 56.6 Å². The number of nitrogens with zero attached hydrogens (tertiary/aromatic N) is 2. The molecule has 3 aliphatic heterocycles. The molecule has 0 radical (unpaired) electrons. The number of rotatable bonds is 7. The molecule has 0 aromatic heterocycles. The van der Waals surface area contributed by atoms with Crippen LogP contribution in [-0.2, 0) is 37.5 Å². The number of fused-ring (bicyclic) bond motifs is 2. The first-order chi connectivity index (χ1) is 18.6. The number of hydrogen-bond donors (Lipinski definition) is 3. The Morgan fingerprint density at radius 1 is 1.03 bits per heavy atom. The van der Waals surface area contributed by atoms with Gasteiger partial charge in [-0.25, -0.2) is 4.31 Å². The number of carbonyl (C=O) groups is 3. The summed E-state index contributed by atoms with van der Waals surface area (Å²) in [6.07, 6.45) is 6.60. The molecule has 4 aliphatic rings. The fourth-order valence-electron chi connectivity index (χ4n) is 7.23. The number of nitrogens with one attached hydrogen (secondary N) is 3. The Bertz CT molecular complexity index is 1190. The zero-order chi connectivity index (χ0) is 27.9. The Labute approximate surface area is 231 Å². The van der Waals surface area contributed by atoms with Crippen molar-refractivity contribution in [3.8, 4) is 0 Å². The average molecular weight is 561 g/mol. The summed E-state index contributed by atoms with van der Waals surface area (Å²) in [6.45, 7) is 3.29. The summed E-state index contributed by atoms with van der Waals surface area (Å²) in [5.74, 6) is -1.08. The number of hydrogen-bond acceptors (Lipinski definition) is 6.